The minimum atomic E-state index is -4.46. The zero-order valence-corrected chi connectivity index (χ0v) is 17.5. The van der Waals surface area contributed by atoms with Gasteiger partial charge in [-0.2, -0.15) is 31.5 Å². The Morgan fingerprint density at radius 3 is 2.53 bits per heavy atom. The molecule has 1 N–H and O–H groups in total. The summed E-state index contributed by atoms with van der Waals surface area (Å²) in [5.41, 5.74) is -0.815. The number of hydrogen-bond donors (Lipinski definition) is 1. The van der Waals surface area contributed by atoms with E-state index in [2.05, 4.69) is 25.9 Å². The van der Waals surface area contributed by atoms with Gasteiger partial charge >= 0.3 is 6.18 Å². The molecule has 0 aliphatic heterocycles. The first-order chi connectivity index (χ1) is 14.1. The van der Waals surface area contributed by atoms with Crippen molar-refractivity contribution in [1.82, 2.24) is 4.83 Å². The number of halogens is 4. The molecule has 0 bridgehead atoms. The smallest absolute Gasteiger partial charge is 0.416 e. The van der Waals surface area contributed by atoms with Crippen LogP contribution in [0.3, 0.4) is 0 Å². The molecule has 0 aliphatic carbocycles. The van der Waals surface area contributed by atoms with Crippen molar-refractivity contribution in [2.75, 3.05) is 0 Å². The van der Waals surface area contributed by atoms with Gasteiger partial charge in [0.25, 0.3) is 10.0 Å². The molecular formula is C19H14BrF3N2O4S. The molecule has 0 atom stereocenters. The summed E-state index contributed by atoms with van der Waals surface area (Å²) in [6.45, 7) is -0.111. The average Bonchev–Trinajstić information content (AvgIpc) is 3.14. The molecule has 0 spiro atoms. The Bertz CT molecular complexity index is 1140. The Kier molecular flexibility index (Phi) is 6.52. The lowest BCUT2D eigenvalue weighted by molar-refractivity contribution is -0.137. The van der Waals surface area contributed by atoms with Crippen molar-refractivity contribution in [2.45, 2.75) is 17.7 Å². The van der Waals surface area contributed by atoms with E-state index in [4.69, 9.17) is 9.15 Å². The van der Waals surface area contributed by atoms with Crippen LogP contribution in [0.1, 0.15) is 17.1 Å². The predicted octanol–water partition coefficient (Wildman–Crippen LogP) is 4.95. The summed E-state index contributed by atoms with van der Waals surface area (Å²) in [7, 11) is -3.83. The lowest BCUT2D eigenvalue weighted by atomic mass is 10.2. The molecule has 0 saturated carbocycles. The highest BCUT2D eigenvalue weighted by molar-refractivity contribution is 9.10. The molecule has 2 aromatic carbocycles. The van der Waals surface area contributed by atoms with Crippen LogP contribution in [-0.2, 0) is 22.8 Å². The van der Waals surface area contributed by atoms with Crippen molar-refractivity contribution >= 4 is 32.2 Å². The van der Waals surface area contributed by atoms with Crippen LogP contribution in [0.15, 0.2) is 79.6 Å². The highest BCUT2D eigenvalue weighted by Crippen LogP contribution is 2.31. The lowest BCUT2D eigenvalue weighted by Crippen LogP contribution is -2.18. The van der Waals surface area contributed by atoms with Gasteiger partial charge in [0.2, 0.25) is 0 Å². The van der Waals surface area contributed by atoms with Gasteiger partial charge in [0, 0.05) is 4.47 Å². The highest BCUT2D eigenvalue weighted by Gasteiger charge is 2.30. The number of nitrogens with zero attached hydrogens (tertiary/aromatic N) is 1. The first-order valence-electron chi connectivity index (χ1n) is 8.33. The van der Waals surface area contributed by atoms with Gasteiger partial charge in [0.05, 0.1) is 16.7 Å². The van der Waals surface area contributed by atoms with Crippen molar-refractivity contribution in [1.29, 1.82) is 0 Å². The summed E-state index contributed by atoms with van der Waals surface area (Å²) >= 11 is 3.22. The topological polar surface area (TPSA) is 80.9 Å². The number of rotatable bonds is 7. The van der Waals surface area contributed by atoms with E-state index in [9.17, 15) is 21.6 Å². The second-order valence-corrected chi connectivity index (χ2v) is 8.50. The fourth-order valence-electron chi connectivity index (χ4n) is 2.28. The van der Waals surface area contributed by atoms with Crippen molar-refractivity contribution in [3.8, 4) is 5.75 Å². The first kappa shape index (κ1) is 21.9. The minimum absolute atomic E-state index is 0.0393. The van der Waals surface area contributed by atoms with E-state index >= 15 is 0 Å². The van der Waals surface area contributed by atoms with E-state index in [1.165, 1.54) is 36.4 Å². The molecule has 0 saturated heterocycles. The summed E-state index contributed by atoms with van der Waals surface area (Å²) in [6, 6.07) is 13.5. The van der Waals surface area contributed by atoms with Gasteiger partial charge in [-0.05, 0) is 54.6 Å². The van der Waals surface area contributed by atoms with Crippen LogP contribution in [0, 0.1) is 0 Å². The monoisotopic (exact) mass is 502 g/mol. The van der Waals surface area contributed by atoms with E-state index in [1.54, 1.807) is 12.1 Å². The molecule has 3 aromatic rings. The lowest BCUT2D eigenvalue weighted by Gasteiger charge is -2.09. The van der Waals surface area contributed by atoms with Crippen molar-refractivity contribution < 1.29 is 30.7 Å². The van der Waals surface area contributed by atoms with Crippen LogP contribution in [0.25, 0.3) is 0 Å². The predicted molar refractivity (Wildman–Crippen MR) is 107 cm³/mol. The standard InChI is InChI=1S/C19H14BrF3N2O4S/c20-14-4-8-18(9-5-14)30(26,27)25-24-11-16-6-7-17(29-16)12-28-15-3-1-2-13(10-15)19(21,22)23/h1-11,25H,12H2/b24-11-. The fourth-order valence-corrected chi connectivity index (χ4v) is 3.34. The quantitative estimate of drug-likeness (QED) is 0.366. The molecular weight excluding hydrogens is 489 g/mol. The normalized spacial score (nSPS) is 12.3. The second kappa shape index (κ2) is 8.92. The number of alkyl halides is 3. The molecule has 0 radical (unpaired) electrons. The maximum Gasteiger partial charge on any atom is 0.416 e. The largest absolute Gasteiger partial charge is 0.486 e. The maximum atomic E-state index is 12.7. The first-order valence-corrected chi connectivity index (χ1v) is 10.6. The highest BCUT2D eigenvalue weighted by atomic mass is 79.9. The van der Waals surface area contributed by atoms with E-state index in [0.29, 0.717) is 5.76 Å². The molecule has 30 heavy (non-hydrogen) atoms. The van der Waals surface area contributed by atoms with Gasteiger partial charge in [-0.1, -0.05) is 22.0 Å². The Morgan fingerprint density at radius 2 is 1.83 bits per heavy atom. The van der Waals surface area contributed by atoms with Gasteiger partial charge in [0.15, 0.2) is 0 Å². The molecule has 1 heterocycles. The number of hydrazone groups is 1. The third kappa shape index (κ3) is 5.86. The number of benzene rings is 2. The summed E-state index contributed by atoms with van der Waals surface area (Å²) in [6.07, 6.45) is -3.30. The molecule has 6 nitrogen and oxygen atoms in total. The van der Waals surface area contributed by atoms with Crippen LogP contribution in [-0.4, -0.2) is 14.6 Å². The van der Waals surface area contributed by atoms with Crippen LogP contribution >= 0.6 is 15.9 Å². The zero-order chi connectivity index (χ0) is 21.8. The Hall–Kier alpha value is -2.79. The number of sulfonamides is 1. The Morgan fingerprint density at radius 1 is 1.10 bits per heavy atom. The molecule has 0 unspecified atom stereocenters. The van der Waals surface area contributed by atoms with Gasteiger partial charge in [0.1, 0.15) is 23.9 Å². The Labute approximate surface area is 178 Å². The van der Waals surface area contributed by atoms with Crippen molar-refractivity contribution in [3.05, 3.63) is 82.2 Å². The van der Waals surface area contributed by atoms with Crippen molar-refractivity contribution in [3.63, 3.8) is 0 Å². The number of furan rings is 1. The van der Waals surface area contributed by atoms with Gasteiger partial charge in [-0.25, -0.2) is 0 Å². The molecule has 158 valence electrons. The van der Waals surface area contributed by atoms with Crippen molar-refractivity contribution in [2.24, 2.45) is 5.10 Å². The van der Waals surface area contributed by atoms with Gasteiger partial charge in [-0.15, -0.1) is 0 Å². The second-order valence-electron chi connectivity index (χ2n) is 5.93. The summed E-state index contributed by atoms with van der Waals surface area (Å²) in [4.78, 5) is 2.10. The fraction of sp³-hybridized carbons (Fsp3) is 0.105. The summed E-state index contributed by atoms with van der Waals surface area (Å²) < 4.78 is 73.9. The third-order valence-electron chi connectivity index (χ3n) is 3.71. The van der Waals surface area contributed by atoms with Crippen LogP contribution in [0.5, 0.6) is 5.75 Å². The Balaban J connectivity index is 1.58. The molecule has 0 fully saturated rings. The SMILES string of the molecule is O=S(=O)(N/N=C\c1ccc(COc2cccc(C(F)(F)F)c2)o1)c1ccc(Br)cc1. The summed E-state index contributed by atoms with van der Waals surface area (Å²) in [5.74, 6) is 0.597. The maximum absolute atomic E-state index is 12.7. The average molecular weight is 503 g/mol. The molecule has 11 heteroatoms. The van der Waals surface area contributed by atoms with Gasteiger partial charge in [-0.3, -0.25) is 0 Å². The van der Waals surface area contributed by atoms with Crippen LogP contribution < -0.4 is 9.57 Å². The molecule has 3 rings (SSSR count). The summed E-state index contributed by atoms with van der Waals surface area (Å²) in [5, 5.41) is 3.65. The van der Waals surface area contributed by atoms with E-state index in [-0.39, 0.29) is 23.0 Å². The minimum Gasteiger partial charge on any atom is -0.486 e. The molecule has 0 aliphatic rings. The third-order valence-corrected chi connectivity index (χ3v) is 5.48. The molecule has 0 amide bonds. The number of nitrogens with one attached hydrogen (secondary N) is 1. The number of ether oxygens (including phenoxy) is 1. The zero-order valence-electron chi connectivity index (χ0n) is 15.1. The molecule has 1 aromatic heterocycles. The van der Waals surface area contributed by atoms with Crippen LogP contribution in [0.2, 0.25) is 0 Å². The van der Waals surface area contributed by atoms with Crippen LogP contribution in [0.4, 0.5) is 13.2 Å². The van der Waals surface area contributed by atoms with E-state index < -0.39 is 21.8 Å². The number of hydrogen-bond acceptors (Lipinski definition) is 5. The van der Waals surface area contributed by atoms with E-state index in [1.807, 2.05) is 0 Å². The van der Waals surface area contributed by atoms with E-state index in [0.717, 1.165) is 22.8 Å². The van der Waals surface area contributed by atoms with Gasteiger partial charge < -0.3 is 9.15 Å².